The summed E-state index contributed by atoms with van der Waals surface area (Å²) >= 11 is 0. The molecule has 1 aliphatic carbocycles. The third-order valence-electron chi connectivity index (χ3n) is 4.38. The van der Waals surface area contributed by atoms with E-state index >= 15 is 0 Å². The highest BCUT2D eigenvalue weighted by Gasteiger charge is 2.24. The lowest BCUT2D eigenvalue weighted by atomic mass is 10.2. The topological polar surface area (TPSA) is 83.1 Å². The maximum absolute atomic E-state index is 11.9. The average molecular weight is 438 g/mol. The second-order valence-corrected chi connectivity index (χ2v) is 8.94. The van der Waals surface area contributed by atoms with Crippen molar-refractivity contribution in [1.29, 1.82) is 0 Å². The zero-order chi connectivity index (χ0) is 23.4. The van der Waals surface area contributed by atoms with E-state index in [0.29, 0.717) is 13.0 Å². The predicted octanol–water partition coefficient (Wildman–Crippen LogP) is 4.65. The molecule has 0 unspecified atom stereocenters. The zero-order valence-electron chi connectivity index (χ0n) is 20.0. The average Bonchev–Trinajstić information content (AvgIpc) is 3.49. The molecule has 1 aromatic carbocycles. The minimum Gasteiger partial charge on any atom is -0.497 e. The summed E-state index contributed by atoms with van der Waals surface area (Å²) in [6.07, 6.45) is 2.31. The number of hydrogen-bond donors (Lipinski definition) is 1. The van der Waals surface area contributed by atoms with Crippen LogP contribution in [0.15, 0.2) is 24.3 Å². The van der Waals surface area contributed by atoms with E-state index in [2.05, 4.69) is 12.2 Å². The van der Waals surface area contributed by atoms with Gasteiger partial charge in [0, 0.05) is 13.0 Å². The van der Waals surface area contributed by atoms with Crippen LogP contribution in [0.5, 0.6) is 5.75 Å². The number of carbonyl (C=O) groups excluding carboxylic acids is 2. The second kappa shape index (κ2) is 13.2. The Bertz CT molecular complexity index is 664. The van der Waals surface area contributed by atoms with Gasteiger partial charge in [-0.1, -0.05) is 17.7 Å². The smallest absolute Gasteiger partial charge is 0.408 e. The van der Waals surface area contributed by atoms with Crippen LogP contribution < -0.4 is 10.1 Å². The number of esters is 1. The first-order chi connectivity index (χ1) is 14.5. The Kier molecular flexibility index (Phi) is 11.4. The van der Waals surface area contributed by atoms with Gasteiger partial charge in [0.25, 0.3) is 0 Å². The molecule has 7 heteroatoms. The first-order valence-corrected chi connectivity index (χ1v) is 10.9. The van der Waals surface area contributed by atoms with Crippen LogP contribution in [0.4, 0.5) is 4.79 Å². The number of methoxy groups -OCH3 is 1. The maximum Gasteiger partial charge on any atom is 0.408 e. The Morgan fingerprint density at radius 3 is 2.26 bits per heavy atom. The van der Waals surface area contributed by atoms with Gasteiger partial charge in [-0.2, -0.15) is 0 Å². The Hall–Kier alpha value is -2.28. The SMILES string of the molecule is COc1ccc(C)cc1.C[C@H](NC(=O)OC(C)(C)C)C(=O)O[C@@H](C)CCOCC1CC1. The molecule has 1 aromatic rings. The van der Waals surface area contributed by atoms with E-state index in [1.807, 2.05) is 31.2 Å². The largest absolute Gasteiger partial charge is 0.497 e. The Labute approximate surface area is 186 Å². The van der Waals surface area contributed by atoms with E-state index < -0.39 is 23.7 Å². The van der Waals surface area contributed by atoms with Gasteiger partial charge in [0.2, 0.25) is 0 Å². The van der Waals surface area contributed by atoms with Gasteiger partial charge in [-0.05, 0) is 72.4 Å². The lowest BCUT2D eigenvalue weighted by Crippen LogP contribution is -2.43. The molecule has 0 bridgehead atoms. The van der Waals surface area contributed by atoms with Crippen molar-refractivity contribution >= 4 is 12.1 Å². The van der Waals surface area contributed by atoms with Crippen LogP contribution in [0.3, 0.4) is 0 Å². The lowest BCUT2D eigenvalue weighted by molar-refractivity contribution is -0.151. The predicted molar refractivity (Wildman–Crippen MR) is 120 cm³/mol. The molecule has 1 amide bonds. The van der Waals surface area contributed by atoms with Gasteiger partial charge in [0.1, 0.15) is 23.5 Å². The summed E-state index contributed by atoms with van der Waals surface area (Å²) in [5.41, 5.74) is 0.663. The summed E-state index contributed by atoms with van der Waals surface area (Å²) in [6, 6.07) is 7.21. The summed E-state index contributed by atoms with van der Waals surface area (Å²) in [5.74, 6) is 1.18. The summed E-state index contributed by atoms with van der Waals surface area (Å²) in [6.45, 7) is 12.1. The fourth-order valence-corrected chi connectivity index (χ4v) is 2.36. The van der Waals surface area contributed by atoms with Crippen LogP contribution in [-0.2, 0) is 19.0 Å². The van der Waals surface area contributed by atoms with Crippen LogP contribution in [0.25, 0.3) is 0 Å². The van der Waals surface area contributed by atoms with Crippen molar-refractivity contribution in [3.05, 3.63) is 29.8 Å². The van der Waals surface area contributed by atoms with Gasteiger partial charge in [-0.3, -0.25) is 0 Å². The molecule has 0 heterocycles. The Morgan fingerprint density at radius 1 is 1.13 bits per heavy atom. The van der Waals surface area contributed by atoms with Crippen molar-refractivity contribution in [1.82, 2.24) is 5.32 Å². The number of nitrogens with one attached hydrogen (secondary N) is 1. The molecule has 0 spiro atoms. The lowest BCUT2D eigenvalue weighted by Gasteiger charge is -2.22. The van der Waals surface area contributed by atoms with Gasteiger partial charge < -0.3 is 24.3 Å². The van der Waals surface area contributed by atoms with Crippen LogP contribution in [0, 0.1) is 12.8 Å². The van der Waals surface area contributed by atoms with Crippen molar-refractivity contribution in [2.24, 2.45) is 5.92 Å². The molecule has 2 rings (SSSR count). The summed E-state index contributed by atoms with van der Waals surface area (Å²) in [4.78, 5) is 23.5. The fourth-order valence-electron chi connectivity index (χ4n) is 2.36. The number of benzene rings is 1. The van der Waals surface area contributed by atoms with Crippen LogP contribution >= 0.6 is 0 Å². The minimum atomic E-state index is -0.746. The normalized spacial score (nSPS) is 15.1. The van der Waals surface area contributed by atoms with Crippen molar-refractivity contribution < 1.29 is 28.5 Å². The number of aryl methyl sites for hydroxylation is 1. The number of ether oxygens (including phenoxy) is 4. The Balaban J connectivity index is 0.000000442. The van der Waals surface area contributed by atoms with Crippen molar-refractivity contribution in [3.8, 4) is 5.75 Å². The first-order valence-electron chi connectivity index (χ1n) is 10.9. The number of carbonyl (C=O) groups is 2. The second-order valence-electron chi connectivity index (χ2n) is 8.94. The van der Waals surface area contributed by atoms with Crippen LogP contribution in [-0.4, -0.2) is 50.1 Å². The van der Waals surface area contributed by atoms with Crippen molar-refractivity contribution in [3.63, 3.8) is 0 Å². The maximum atomic E-state index is 11.9. The highest BCUT2D eigenvalue weighted by molar-refractivity contribution is 5.81. The monoisotopic (exact) mass is 437 g/mol. The third kappa shape index (κ3) is 13.6. The highest BCUT2D eigenvalue weighted by atomic mass is 16.6. The van der Waals surface area contributed by atoms with Crippen molar-refractivity contribution in [2.75, 3.05) is 20.3 Å². The minimum absolute atomic E-state index is 0.241. The molecule has 0 aliphatic heterocycles. The van der Waals surface area contributed by atoms with Gasteiger partial charge in [-0.25, -0.2) is 9.59 Å². The molecule has 1 N–H and O–H groups in total. The van der Waals surface area contributed by atoms with E-state index in [1.165, 1.54) is 18.4 Å². The van der Waals surface area contributed by atoms with E-state index in [-0.39, 0.29) is 6.10 Å². The number of hydrogen-bond acceptors (Lipinski definition) is 6. The molecule has 2 atom stereocenters. The molecular weight excluding hydrogens is 398 g/mol. The molecule has 1 aliphatic rings. The van der Waals surface area contributed by atoms with E-state index in [9.17, 15) is 9.59 Å². The van der Waals surface area contributed by atoms with E-state index in [4.69, 9.17) is 18.9 Å². The summed E-state index contributed by atoms with van der Waals surface area (Å²) in [7, 11) is 1.67. The first kappa shape index (κ1) is 26.8. The molecule has 0 saturated heterocycles. The van der Waals surface area contributed by atoms with Crippen molar-refractivity contribution in [2.45, 2.75) is 78.6 Å². The number of rotatable bonds is 9. The van der Waals surface area contributed by atoms with E-state index in [0.717, 1.165) is 18.3 Å². The molecule has 7 nitrogen and oxygen atoms in total. The number of alkyl carbamates (subject to hydrolysis) is 1. The van der Waals surface area contributed by atoms with E-state index in [1.54, 1.807) is 34.8 Å². The molecule has 0 aromatic heterocycles. The molecule has 1 fully saturated rings. The van der Waals surface area contributed by atoms with Gasteiger partial charge in [0.15, 0.2) is 0 Å². The molecule has 176 valence electrons. The van der Waals surface area contributed by atoms with Crippen LogP contribution in [0.1, 0.15) is 59.4 Å². The number of amides is 1. The molecule has 31 heavy (non-hydrogen) atoms. The molecular formula is C24H39NO6. The van der Waals surface area contributed by atoms with Crippen LogP contribution in [0.2, 0.25) is 0 Å². The summed E-state index contributed by atoms with van der Waals surface area (Å²) in [5, 5.41) is 2.47. The molecule has 0 radical (unpaired) electrons. The van der Waals surface area contributed by atoms with Gasteiger partial charge in [-0.15, -0.1) is 0 Å². The van der Waals surface area contributed by atoms with Gasteiger partial charge in [0.05, 0.1) is 13.7 Å². The zero-order valence-corrected chi connectivity index (χ0v) is 20.0. The van der Waals surface area contributed by atoms with Gasteiger partial charge >= 0.3 is 12.1 Å². The highest BCUT2D eigenvalue weighted by Crippen LogP contribution is 2.28. The fraction of sp³-hybridized carbons (Fsp3) is 0.667. The third-order valence-corrected chi connectivity index (χ3v) is 4.38. The Morgan fingerprint density at radius 2 is 1.74 bits per heavy atom. The summed E-state index contributed by atoms with van der Waals surface area (Å²) < 4.78 is 20.8. The quantitative estimate of drug-likeness (QED) is 0.447. The standard InChI is InChI=1S/C16H29NO5.C8H10O/c1-11(8-9-20-10-13-6-7-13)21-14(18)12(2)17-15(19)22-16(3,4)5;1-7-3-5-8(9-2)6-4-7/h11-13H,6-10H2,1-5H3,(H,17,19);3-6H,1-2H3/t11-,12-;/m0./s1. The molecule has 1 saturated carbocycles.